The van der Waals surface area contributed by atoms with Crippen LogP contribution in [0.4, 0.5) is 0 Å². The summed E-state index contributed by atoms with van der Waals surface area (Å²) >= 11 is 0. The summed E-state index contributed by atoms with van der Waals surface area (Å²) in [5.74, 6) is 0.392. The smallest absolute Gasteiger partial charge is 0.325 e. The highest BCUT2D eigenvalue weighted by Gasteiger charge is 2.08. The van der Waals surface area contributed by atoms with Crippen molar-refractivity contribution in [3.8, 4) is 5.75 Å². The molecule has 0 fully saturated rings. The van der Waals surface area contributed by atoms with Gasteiger partial charge in [0, 0.05) is 17.7 Å². The van der Waals surface area contributed by atoms with Crippen LogP contribution in [0.15, 0.2) is 39.0 Å². The van der Waals surface area contributed by atoms with Crippen LogP contribution in [0, 0.1) is 6.92 Å². The number of benzene rings is 1. The Morgan fingerprint density at radius 3 is 2.77 bits per heavy atom. The van der Waals surface area contributed by atoms with Crippen molar-refractivity contribution in [2.45, 2.75) is 39.7 Å². The molecule has 138 valence electrons. The second-order valence-electron chi connectivity index (χ2n) is 6.04. The Morgan fingerprint density at radius 2 is 2.08 bits per heavy atom. The number of rotatable bonds is 7. The average Bonchev–Trinajstić information content (AvgIpc) is 2.53. The van der Waals surface area contributed by atoms with Crippen LogP contribution >= 0.6 is 0 Å². The third-order valence-electron chi connectivity index (χ3n) is 3.49. The van der Waals surface area contributed by atoms with E-state index in [2.05, 4.69) is 20.5 Å². The highest BCUT2D eigenvalue weighted by molar-refractivity contribution is 5.82. The number of aromatic nitrogens is 2. The normalized spacial score (nSPS) is 11.1. The van der Waals surface area contributed by atoms with Crippen LogP contribution in [0.25, 0.3) is 0 Å². The first-order chi connectivity index (χ1) is 12.3. The number of nitrogens with one attached hydrogen (secondary N) is 3. The molecule has 0 spiro atoms. The number of carbonyl (C=O) groups excluding carboxylic acids is 1. The van der Waals surface area contributed by atoms with Gasteiger partial charge in [0.2, 0.25) is 5.91 Å². The molecule has 0 aliphatic rings. The SMILES string of the molecule is Cc1[nH]c(=O)[nH]c(=O)c1CCC(=O)N/N=C/c1cccc(OC(C)C)c1. The molecular formula is C18H22N4O4. The predicted octanol–water partition coefficient (Wildman–Crippen LogP) is 1.24. The van der Waals surface area contributed by atoms with E-state index in [1.807, 2.05) is 38.1 Å². The van der Waals surface area contributed by atoms with E-state index >= 15 is 0 Å². The number of carbonyl (C=O) groups is 1. The second-order valence-corrected chi connectivity index (χ2v) is 6.04. The fourth-order valence-corrected chi connectivity index (χ4v) is 2.34. The molecule has 26 heavy (non-hydrogen) atoms. The van der Waals surface area contributed by atoms with Gasteiger partial charge in [-0.1, -0.05) is 12.1 Å². The van der Waals surface area contributed by atoms with Gasteiger partial charge in [0.15, 0.2) is 0 Å². The van der Waals surface area contributed by atoms with Crippen LogP contribution in [0.1, 0.15) is 37.1 Å². The molecule has 0 saturated carbocycles. The summed E-state index contributed by atoms with van der Waals surface area (Å²) in [7, 11) is 0. The number of hydrazone groups is 1. The van der Waals surface area contributed by atoms with Crippen LogP contribution in [0.2, 0.25) is 0 Å². The predicted molar refractivity (Wildman–Crippen MR) is 98.7 cm³/mol. The highest BCUT2D eigenvalue weighted by Crippen LogP contribution is 2.13. The average molecular weight is 358 g/mol. The Morgan fingerprint density at radius 1 is 1.31 bits per heavy atom. The standard InChI is InChI=1S/C18H22N4O4/c1-11(2)26-14-6-4-5-13(9-14)10-19-22-16(23)8-7-15-12(3)20-18(25)21-17(15)24/h4-6,9-11H,7-8H2,1-3H3,(H,22,23)(H2,20,21,24,25)/b19-10+. The highest BCUT2D eigenvalue weighted by atomic mass is 16.5. The zero-order valence-corrected chi connectivity index (χ0v) is 15.0. The van der Waals surface area contributed by atoms with Gasteiger partial charge in [-0.05, 0) is 44.9 Å². The molecule has 1 aromatic heterocycles. The monoisotopic (exact) mass is 358 g/mol. The number of aryl methyl sites for hydroxylation is 1. The van der Waals surface area contributed by atoms with Crippen molar-refractivity contribution >= 4 is 12.1 Å². The number of nitrogens with zero attached hydrogens (tertiary/aromatic N) is 1. The van der Waals surface area contributed by atoms with E-state index in [9.17, 15) is 14.4 Å². The molecule has 8 nitrogen and oxygen atoms in total. The van der Waals surface area contributed by atoms with Crippen molar-refractivity contribution in [2.24, 2.45) is 5.10 Å². The molecule has 0 bridgehead atoms. The zero-order valence-electron chi connectivity index (χ0n) is 15.0. The van der Waals surface area contributed by atoms with Gasteiger partial charge >= 0.3 is 5.69 Å². The minimum Gasteiger partial charge on any atom is -0.491 e. The van der Waals surface area contributed by atoms with Crippen molar-refractivity contribution < 1.29 is 9.53 Å². The zero-order chi connectivity index (χ0) is 19.1. The molecule has 8 heteroatoms. The van der Waals surface area contributed by atoms with Gasteiger partial charge < -0.3 is 9.72 Å². The number of ether oxygens (including phenoxy) is 1. The van der Waals surface area contributed by atoms with Gasteiger partial charge in [0.25, 0.3) is 5.56 Å². The maximum atomic E-state index is 11.9. The van der Waals surface area contributed by atoms with E-state index in [1.165, 1.54) is 6.21 Å². The summed E-state index contributed by atoms with van der Waals surface area (Å²) in [5, 5.41) is 3.91. The Labute approximate surface area is 150 Å². The number of H-pyrrole nitrogens is 2. The lowest BCUT2D eigenvalue weighted by Crippen LogP contribution is -2.28. The minimum atomic E-state index is -0.561. The second kappa shape index (κ2) is 8.80. The first-order valence-corrected chi connectivity index (χ1v) is 8.26. The largest absolute Gasteiger partial charge is 0.491 e. The Hall–Kier alpha value is -3.16. The van der Waals surface area contributed by atoms with Crippen LogP contribution in [0.5, 0.6) is 5.75 Å². The molecule has 0 saturated heterocycles. The Balaban J connectivity index is 1.90. The van der Waals surface area contributed by atoms with E-state index in [0.29, 0.717) is 11.3 Å². The molecule has 0 aliphatic heterocycles. The molecule has 0 radical (unpaired) electrons. The molecule has 0 aliphatic carbocycles. The molecule has 0 atom stereocenters. The summed E-state index contributed by atoms with van der Waals surface area (Å²) in [6.45, 7) is 5.50. The van der Waals surface area contributed by atoms with Gasteiger partial charge in [-0.15, -0.1) is 0 Å². The first kappa shape index (κ1) is 19.2. The minimum absolute atomic E-state index is 0.0708. The van der Waals surface area contributed by atoms with E-state index in [0.717, 1.165) is 11.3 Å². The molecular weight excluding hydrogens is 336 g/mol. The summed E-state index contributed by atoms with van der Waals surface area (Å²) in [5.41, 5.74) is 3.00. The van der Waals surface area contributed by atoms with Crippen molar-refractivity contribution in [1.82, 2.24) is 15.4 Å². The molecule has 2 aromatic rings. The molecule has 3 N–H and O–H groups in total. The topological polar surface area (TPSA) is 116 Å². The van der Waals surface area contributed by atoms with Crippen LogP contribution in [-0.2, 0) is 11.2 Å². The molecule has 2 rings (SSSR count). The lowest BCUT2D eigenvalue weighted by molar-refractivity contribution is -0.121. The van der Waals surface area contributed by atoms with Gasteiger partial charge in [-0.25, -0.2) is 10.2 Å². The number of hydrogen-bond donors (Lipinski definition) is 3. The first-order valence-electron chi connectivity index (χ1n) is 8.26. The van der Waals surface area contributed by atoms with Gasteiger partial charge in [0.1, 0.15) is 5.75 Å². The van der Waals surface area contributed by atoms with E-state index in [1.54, 1.807) is 6.92 Å². The fraction of sp³-hybridized carbons (Fsp3) is 0.333. The maximum absolute atomic E-state index is 11.9. The van der Waals surface area contributed by atoms with Gasteiger partial charge in [-0.2, -0.15) is 5.10 Å². The van der Waals surface area contributed by atoms with Crippen molar-refractivity contribution in [2.75, 3.05) is 0 Å². The van der Waals surface area contributed by atoms with Crippen molar-refractivity contribution in [3.63, 3.8) is 0 Å². The molecule has 1 amide bonds. The Bertz CT molecular complexity index is 912. The van der Waals surface area contributed by atoms with Gasteiger partial charge in [0.05, 0.1) is 12.3 Å². The molecule has 1 heterocycles. The number of aromatic amines is 2. The number of amides is 1. The van der Waals surface area contributed by atoms with Crippen LogP contribution in [-0.4, -0.2) is 28.2 Å². The van der Waals surface area contributed by atoms with E-state index in [4.69, 9.17) is 4.74 Å². The van der Waals surface area contributed by atoms with Crippen molar-refractivity contribution in [1.29, 1.82) is 0 Å². The summed E-state index contributed by atoms with van der Waals surface area (Å²) in [6, 6.07) is 7.34. The van der Waals surface area contributed by atoms with E-state index in [-0.39, 0.29) is 24.9 Å². The summed E-state index contributed by atoms with van der Waals surface area (Å²) in [4.78, 5) is 39.4. The third kappa shape index (κ3) is 5.73. The maximum Gasteiger partial charge on any atom is 0.325 e. The molecule has 1 aromatic carbocycles. The summed E-state index contributed by atoms with van der Waals surface area (Å²) < 4.78 is 5.59. The quantitative estimate of drug-likeness (QED) is 0.510. The van der Waals surface area contributed by atoms with Crippen molar-refractivity contribution in [3.05, 3.63) is 61.9 Å². The lowest BCUT2D eigenvalue weighted by Gasteiger charge is -2.09. The van der Waals surface area contributed by atoms with Crippen LogP contribution in [0.3, 0.4) is 0 Å². The number of hydrogen-bond acceptors (Lipinski definition) is 5. The Kier molecular flexibility index (Phi) is 6.48. The van der Waals surface area contributed by atoms with Crippen LogP contribution < -0.4 is 21.4 Å². The third-order valence-corrected chi connectivity index (χ3v) is 3.49. The molecule has 0 unspecified atom stereocenters. The summed E-state index contributed by atoms with van der Waals surface area (Å²) in [6.07, 6.45) is 1.87. The fourth-order valence-electron chi connectivity index (χ4n) is 2.34. The van der Waals surface area contributed by atoms with Gasteiger partial charge in [-0.3, -0.25) is 14.6 Å². The lowest BCUT2D eigenvalue weighted by atomic mass is 10.1. The van der Waals surface area contributed by atoms with E-state index < -0.39 is 11.2 Å².